The molecule has 1 N–H and O–H groups in total. The van der Waals surface area contributed by atoms with Gasteiger partial charge in [-0.1, -0.05) is 41.6 Å². The molecule has 0 spiro atoms. The van der Waals surface area contributed by atoms with Gasteiger partial charge in [-0.2, -0.15) is 23.3 Å². The van der Waals surface area contributed by atoms with Crippen LogP contribution < -0.4 is 5.32 Å². The zero-order chi connectivity index (χ0) is 23.8. The van der Waals surface area contributed by atoms with Gasteiger partial charge in [0.2, 0.25) is 5.82 Å². The SMILES string of the molecule is CNc1ccc(Cn2nc(-c3nc(-c4ccc(C(C)(C)C(F)(F)F)cc4)no3)cc2C)cc1. The van der Waals surface area contributed by atoms with Gasteiger partial charge in [0, 0.05) is 24.0 Å². The Labute approximate surface area is 189 Å². The van der Waals surface area contributed by atoms with E-state index in [-0.39, 0.29) is 17.3 Å². The van der Waals surface area contributed by atoms with Gasteiger partial charge in [-0.05, 0) is 50.1 Å². The molecule has 33 heavy (non-hydrogen) atoms. The van der Waals surface area contributed by atoms with Crippen LogP contribution in [0.5, 0.6) is 0 Å². The van der Waals surface area contributed by atoms with Gasteiger partial charge < -0.3 is 9.84 Å². The Morgan fingerprint density at radius 2 is 1.67 bits per heavy atom. The topological polar surface area (TPSA) is 68.8 Å². The average molecular weight is 455 g/mol. The summed E-state index contributed by atoms with van der Waals surface area (Å²) < 4.78 is 47.1. The summed E-state index contributed by atoms with van der Waals surface area (Å²) in [5.41, 5.74) is 2.37. The van der Waals surface area contributed by atoms with Crippen molar-refractivity contribution in [1.29, 1.82) is 0 Å². The predicted octanol–water partition coefficient (Wildman–Crippen LogP) is 5.84. The van der Waals surface area contributed by atoms with Gasteiger partial charge in [0.15, 0.2) is 5.69 Å². The maximum atomic E-state index is 13.3. The number of benzene rings is 2. The number of nitrogens with zero attached hydrogens (tertiary/aromatic N) is 4. The van der Waals surface area contributed by atoms with Crippen LogP contribution >= 0.6 is 0 Å². The van der Waals surface area contributed by atoms with E-state index in [0.717, 1.165) is 30.8 Å². The highest BCUT2D eigenvalue weighted by molar-refractivity contribution is 5.58. The smallest absolute Gasteiger partial charge is 0.388 e. The lowest BCUT2D eigenvalue weighted by atomic mass is 9.83. The van der Waals surface area contributed by atoms with Crippen LogP contribution in [0.3, 0.4) is 0 Å². The number of anilines is 1. The highest BCUT2D eigenvalue weighted by atomic mass is 19.4. The predicted molar refractivity (Wildman–Crippen MR) is 120 cm³/mol. The molecule has 0 aliphatic heterocycles. The molecule has 0 aliphatic carbocycles. The molecule has 0 radical (unpaired) electrons. The second-order valence-corrected chi connectivity index (χ2v) is 8.40. The van der Waals surface area contributed by atoms with E-state index in [1.165, 1.54) is 12.1 Å². The summed E-state index contributed by atoms with van der Waals surface area (Å²) in [6.07, 6.45) is -4.35. The number of aromatic nitrogens is 4. The number of hydrogen-bond acceptors (Lipinski definition) is 5. The number of nitrogens with one attached hydrogen (secondary N) is 1. The van der Waals surface area contributed by atoms with Crippen molar-refractivity contribution in [2.45, 2.75) is 38.9 Å². The normalized spacial score (nSPS) is 12.2. The minimum Gasteiger partial charge on any atom is -0.388 e. The fourth-order valence-electron chi connectivity index (χ4n) is 3.37. The Morgan fingerprint density at radius 1 is 1.00 bits per heavy atom. The van der Waals surface area contributed by atoms with Crippen molar-refractivity contribution in [3.8, 4) is 23.0 Å². The van der Waals surface area contributed by atoms with Crippen molar-refractivity contribution in [2.24, 2.45) is 0 Å². The molecule has 0 saturated heterocycles. The van der Waals surface area contributed by atoms with Crippen molar-refractivity contribution in [1.82, 2.24) is 19.9 Å². The summed E-state index contributed by atoms with van der Waals surface area (Å²) in [6.45, 7) is 4.84. The highest BCUT2D eigenvalue weighted by Gasteiger charge is 2.48. The Bertz CT molecular complexity index is 1240. The zero-order valence-corrected chi connectivity index (χ0v) is 18.7. The summed E-state index contributed by atoms with van der Waals surface area (Å²) in [7, 11) is 1.87. The monoisotopic (exact) mass is 455 g/mol. The summed E-state index contributed by atoms with van der Waals surface area (Å²) >= 11 is 0. The minimum atomic E-state index is -4.35. The fraction of sp³-hybridized carbons (Fsp3) is 0.292. The molecule has 9 heteroatoms. The lowest BCUT2D eigenvalue weighted by Crippen LogP contribution is -2.36. The van der Waals surface area contributed by atoms with E-state index >= 15 is 0 Å². The molecule has 2 heterocycles. The molecular weight excluding hydrogens is 431 g/mol. The zero-order valence-electron chi connectivity index (χ0n) is 18.7. The highest BCUT2D eigenvalue weighted by Crippen LogP contribution is 2.40. The second kappa shape index (κ2) is 8.38. The molecule has 0 amide bonds. The van der Waals surface area contributed by atoms with Crippen molar-refractivity contribution >= 4 is 5.69 Å². The van der Waals surface area contributed by atoms with Crippen LogP contribution in [0.1, 0.15) is 30.7 Å². The Hall–Kier alpha value is -3.62. The van der Waals surface area contributed by atoms with E-state index in [9.17, 15) is 13.2 Å². The summed E-state index contributed by atoms with van der Waals surface area (Å²) in [6, 6.07) is 15.9. The van der Waals surface area contributed by atoms with Gasteiger partial charge in [0.25, 0.3) is 5.89 Å². The van der Waals surface area contributed by atoms with E-state index in [1.54, 1.807) is 12.1 Å². The van der Waals surface area contributed by atoms with E-state index < -0.39 is 11.6 Å². The quantitative estimate of drug-likeness (QED) is 0.396. The van der Waals surface area contributed by atoms with Gasteiger partial charge in [0.1, 0.15) is 0 Å². The maximum absolute atomic E-state index is 13.3. The molecule has 0 unspecified atom stereocenters. The van der Waals surface area contributed by atoms with E-state index in [2.05, 4.69) is 20.6 Å². The second-order valence-electron chi connectivity index (χ2n) is 8.40. The van der Waals surface area contributed by atoms with Crippen LogP contribution in [0.4, 0.5) is 18.9 Å². The summed E-state index contributed by atoms with van der Waals surface area (Å²) in [4.78, 5) is 4.39. The molecule has 0 aliphatic rings. The van der Waals surface area contributed by atoms with Gasteiger partial charge in [-0.3, -0.25) is 4.68 Å². The minimum absolute atomic E-state index is 0.166. The average Bonchev–Trinajstić information content (AvgIpc) is 3.41. The Kier molecular flexibility index (Phi) is 5.73. The first-order valence-corrected chi connectivity index (χ1v) is 10.4. The molecule has 2 aromatic carbocycles. The van der Waals surface area contributed by atoms with Crippen molar-refractivity contribution < 1.29 is 17.7 Å². The van der Waals surface area contributed by atoms with Gasteiger partial charge in [0.05, 0.1) is 12.0 Å². The largest absolute Gasteiger partial charge is 0.397 e. The van der Waals surface area contributed by atoms with E-state index in [1.807, 2.05) is 49.0 Å². The van der Waals surface area contributed by atoms with Crippen LogP contribution in [0, 0.1) is 6.92 Å². The van der Waals surface area contributed by atoms with Crippen molar-refractivity contribution in [3.05, 3.63) is 71.4 Å². The number of hydrogen-bond donors (Lipinski definition) is 1. The van der Waals surface area contributed by atoms with Crippen LogP contribution in [-0.2, 0) is 12.0 Å². The molecule has 4 aromatic rings. The maximum Gasteiger partial charge on any atom is 0.397 e. The molecule has 0 fully saturated rings. The lowest BCUT2D eigenvalue weighted by molar-refractivity contribution is -0.180. The molecule has 4 rings (SSSR count). The van der Waals surface area contributed by atoms with Crippen LogP contribution in [0.25, 0.3) is 23.0 Å². The summed E-state index contributed by atoms with van der Waals surface area (Å²) in [5, 5.41) is 11.6. The Balaban J connectivity index is 1.53. The number of aryl methyl sites for hydroxylation is 1. The van der Waals surface area contributed by atoms with Crippen LogP contribution in [0.15, 0.2) is 59.1 Å². The molecule has 172 valence electrons. The molecule has 0 saturated carbocycles. The first kappa shape index (κ1) is 22.6. The van der Waals surface area contributed by atoms with Gasteiger partial charge in [-0.25, -0.2) is 0 Å². The van der Waals surface area contributed by atoms with Crippen LogP contribution in [-0.4, -0.2) is 33.1 Å². The third-order valence-corrected chi connectivity index (χ3v) is 5.77. The van der Waals surface area contributed by atoms with Gasteiger partial charge in [-0.15, -0.1) is 0 Å². The fourth-order valence-corrected chi connectivity index (χ4v) is 3.37. The first-order chi connectivity index (χ1) is 15.6. The third kappa shape index (κ3) is 4.48. The first-order valence-electron chi connectivity index (χ1n) is 10.4. The molecule has 0 bridgehead atoms. The standard InChI is InChI=1S/C24H24F3N5O/c1-15-13-20(30-32(15)14-16-5-11-19(28-4)12-6-16)22-29-21(31-33-22)17-7-9-18(10-8-17)23(2,3)24(25,26)27/h5-13,28H,14H2,1-4H3. The van der Waals surface area contributed by atoms with E-state index in [0.29, 0.717) is 17.8 Å². The Morgan fingerprint density at radius 3 is 2.27 bits per heavy atom. The molecular formula is C24H24F3N5O. The molecule has 2 aromatic heterocycles. The van der Waals surface area contributed by atoms with Crippen molar-refractivity contribution in [3.63, 3.8) is 0 Å². The third-order valence-electron chi connectivity index (χ3n) is 5.77. The van der Waals surface area contributed by atoms with Crippen LogP contribution in [0.2, 0.25) is 0 Å². The van der Waals surface area contributed by atoms with E-state index in [4.69, 9.17) is 4.52 Å². The molecule has 6 nitrogen and oxygen atoms in total. The molecule has 0 atom stereocenters. The lowest BCUT2D eigenvalue weighted by Gasteiger charge is -2.28. The summed E-state index contributed by atoms with van der Waals surface area (Å²) in [5.74, 6) is 0.535. The number of rotatable bonds is 6. The number of halogens is 3. The van der Waals surface area contributed by atoms with Crippen molar-refractivity contribution in [2.75, 3.05) is 12.4 Å². The van der Waals surface area contributed by atoms with Gasteiger partial charge >= 0.3 is 6.18 Å². The number of alkyl halides is 3.